The van der Waals surface area contributed by atoms with Crippen LogP contribution in [-0.4, -0.2) is 4.57 Å². The summed E-state index contributed by atoms with van der Waals surface area (Å²) in [5.41, 5.74) is 1.42. The van der Waals surface area contributed by atoms with E-state index in [1.165, 1.54) is 5.56 Å². The lowest BCUT2D eigenvalue weighted by molar-refractivity contribution is 0.676. The van der Waals surface area contributed by atoms with Gasteiger partial charge in [-0.3, -0.25) is 4.79 Å². The summed E-state index contributed by atoms with van der Waals surface area (Å²) in [7, 11) is 0. The van der Waals surface area contributed by atoms with Crippen LogP contribution in [0.3, 0.4) is 0 Å². The van der Waals surface area contributed by atoms with Crippen LogP contribution in [0.1, 0.15) is 5.56 Å². The van der Waals surface area contributed by atoms with Gasteiger partial charge in [0.1, 0.15) is 0 Å². The van der Waals surface area contributed by atoms with Gasteiger partial charge >= 0.3 is 0 Å². The Bertz CT molecular complexity index is 679. The SMILES string of the molecule is O=c1c2ccsc2ccn1CCc1ccsc1. The first kappa shape index (κ1) is 10.7. The Morgan fingerprint density at radius 3 is 2.94 bits per heavy atom. The maximum atomic E-state index is 12.1. The van der Waals surface area contributed by atoms with Crippen LogP contribution in [0.5, 0.6) is 0 Å². The van der Waals surface area contributed by atoms with Gasteiger partial charge in [0.25, 0.3) is 5.56 Å². The molecule has 3 heterocycles. The quantitative estimate of drug-likeness (QED) is 0.708. The van der Waals surface area contributed by atoms with Crippen molar-refractivity contribution in [3.8, 4) is 0 Å². The summed E-state index contributed by atoms with van der Waals surface area (Å²) in [5.74, 6) is 0. The molecule has 2 nitrogen and oxygen atoms in total. The van der Waals surface area contributed by atoms with Crippen LogP contribution in [0.15, 0.2) is 45.3 Å². The van der Waals surface area contributed by atoms with E-state index in [-0.39, 0.29) is 5.56 Å². The fourth-order valence-corrected chi connectivity index (χ4v) is 3.34. The van der Waals surface area contributed by atoms with Crippen LogP contribution >= 0.6 is 22.7 Å². The first-order valence-corrected chi connectivity index (χ1v) is 7.24. The number of nitrogens with zero attached hydrogens (tertiary/aromatic N) is 1. The zero-order valence-electron chi connectivity index (χ0n) is 9.13. The normalized spacial score (nSPS) is 11.1. The van der Waals surface area contributed by atoms with E-state index in [1.54, 1.807) is 27.2 Å². The standard InChI is InChI=1S/C13H11NOS2/c15-13-11-4-8-17-12(11)2-6-14(13)5-1-10-3-7-16-9-10/h2-4,6-9H,1,5H2. The van der Waals surface area contributed by atoms with Crippen LogP contribution < -0.4 is 5.56 Å². The number of hydrogen-bond donors (Lipinski definition) is 0. The highest BCUT2D eigenvalue weighted by Crippen LogP contribution is 2.16. The number of pyridine rings is 1. The van der Waals surface area contributed by atoms with Gasteiger partial charge in [-0.1, -0.05) is 0 Å². The molecule has 0 saturated carbocycles. The molecule has 0 aliphatic heterocycles. The summed E-state index contributed by atoms with van der Waals surface area (Å²) in [6.45, 7) is 0.751. The Labute approximate surface area is 107 Å². The summed E-state index contributed by atoms with van der Waals surface area (Å²) in [6.07, 6.45) is 2.81. The molecule has 3 aromatic rings. The van der Waals surface area contributed by atoms with Crippen molar-refractivity contribution >= 4 is 32.8 Å². The lowest BCUT2D eigenvalue weighted by Crippen LogP contribution is -2.19. The first-order valence-electron chi connectivity index (χ1n) is 5.42. The second-order valence-corrected chi connectivity index (χ2v) is 5.62. The second-order valence-electron chi connectivity index (χ2n) is 3.89. The van der Waals surface area contributed by atoms with Crippen molar-refractivity contribution in [1.82, 2.24) is 4.57 Å². The van der Waals surface area contributed by atoms with Crippen molar-refractivity contribution < 1.29 is 0 Å². The highest BCUT2D eigenvalue weighted by Gasteiger charge is 2.03. The maximum absolute atomic E-state index is 12.1. The Hall–Kier alpha value is -1.39. The van der Waals surface area contributed by atoms with Crippen LogP contribution in [0, 0.1) is 0 Å². The summed E-state index contributed by atoms with van der Waals surface area (Å²) >= 11 is 3.31. The van der Waals surface area contributed by atoms with Gasteiger partial charge < -0.3 is 4.57 Å². The zero-order chi connectivity index (χ0) is 11.7. The number of aryl methyl sites for hydroxylation is 2. The first-order chi connectivity index (χ1) is 8.34. The smallest absolute Gasteiger partial charge is 0.259 e. The predicted molar refractivity (Wildman–Crippen MR) is 74.1 cm³/mol. The van der Waals surface area contributed by atoms with E-state index < -0.39 is 0 Å². The zero-order valence-corrected chi connectivity index (χ0v) is 10.8. The van der Waals surface area contributed by atoms with E-state index in [2.05, 4.69) is 16.8 Å². The molecule has 0 spiro atoms. The largest absolute Gasteiger partial charge is 0.315 e. The molecule has 0 fully saturated rings. The van der Waals surface area contributed by atoms with Gasteiger partial charge in [-0.05, 0) is 46.3 Å². The molecule has 3 aromatic heterocycles. The third-order valence-corrected chi connectivity index (χ3v) is 4.43. The molecule has 0 amide bonds. The molecule has 17 heavy (non-hydrogen) atoms. The third kappa shape index (κ3) is 2.06. The molecular weight excluding hydrogens is 250 g/mol. The Balaban J connectivity index is 1.90. The third-order valence-electron chi connectivity index (χ3n) is 2.81. The predicted octanol–water partition coefficient (Wildman–Crippen LogP) is 3.37. The lowest BCUT2D eigenvalue weighted by atomic mass is 10.2. The molecule has 0 aliphatic rings. The number of rotatable bonds is 3. The molecule has 0 N–H and O–H groups in total. The van der Waals surface area contributed by atoms with Crippen LogP contribution in [0.4, 0.5) is 0 Å². The van der Waals surface area contributed by atoms with Crippen molar-refractivity contribution in [2.24, 2.45) is 0 Å². The van der Waals surface area contributed by atoms with Gasteiger partial charge in [0.05, 0.1) is 5.39 Å². The fourth-order valence-electron chi connectivity index (χ4n) is 1.87. The summed E-state index contributed by atoms with van der Waals surface area (Å²) in [4.78, 5) is 12.1. The maximum Gasteiger partial charge on any atom is 0.259 e. The Morgan fingerprint density at radius 2 is 2.12 bits per heavy atom. The molecule has 0 radical (unpaired) electrons. The van der Waals surface area contributed by atoms with E-state index in [0.717, 1.165) is 23.1 Å². The summed E-state index contributed by atoms with van der Waals surface area (Å²) < 4.78 is 2.87. The van der Waals surface area contributed by atoms with Crippen molar-refractivity contribution in [3.63, 3.8) is 0 Å². The summed E-state index contributed by atoms with van der Waals surface area (Å²) in [6, 6.07) is 6.04. The second kappa shape index (κ2) is 4.47. The fraction of sp³-hybridized carbons (Fsp3) is 0.154. The van der Waals surface area contributed by atoms with Crippen LogP contribution in [-0.2, 0) is 13.0 Å². The molecule has 0 saturated heterocycles. The van der Waals surface area contributed by atoms with Gasteiger partial charge in [0, 0.05) is 17.4 Å². The van der Waals surface area contributed by atoms with Gasteiger partial charge in [0.2, 0.25) is 0 Å². The minimum absolute atomic E-state index is 0.124. The highest BCUT2D eigenvalue weighted by atomic mass is 32.1. The molecule has 0 aliphatic carbocycles. The number of aromatic nitrogens is 1. The van der Waals surface area contributed by atoms with Crippen molar-refractivity contribution in [1.29, 1.82) is 0 Å². The monoisotopic (exact) mass is 261 g/mol. The Kier molecular flexibility index (Phi) is 2.82. The summed E-state index contributed by atoms with van der Waals surface area (Å²) in [5, 5.41) is 7.01. The van der Waals surface area contributed by atoms with E-state index in [0.29, 0.717) is 0 Å². The van der Waals surface area contributed by atoms with Gasteiger partial charge in [-0.25, -0.2) is 0 Å². The molecule has 3 rings (SSSR count). The molecule has 0 aromatic carbocycles. The number of hydrogen-bond acceptors (Lipinski definition) is 3. The van der Waals surface area contributed by atoms with Gasteiger partial charge in [0.15, 0.2) is 0 Å². The molecule has 0 atom stereocenters. The number of fused-ring (bicyclic) bond motifs is 1. The van der Waals surface area contributed by atoms with E-state index in [9.17, 15) is 4.79 Å². The van der Waals surface area contributed by atoms with Crippen molar-refractivity contribution in [2.75, 3.05) is 0 Å². The molecule has 0 unspecified atom stereocenters. The minimum atomic E-state index is 0.124. The molecule has 0 bridgehead atoms. The average Bonchev–Trinajstić information content (AvgIpc) is 2.99. The Morgan fingerprint density at radius 1 is 1.18 bits per heavy atom. The lowest BCUT2D eigenvalue weighted by Gasteiger charge is -2.04. The van der Waals surface area contributed by atoms with E-state index in [4.69, 9.17) is 0 Å². The van der Waals surface area contributed by atoms with Gasteiger partial charge in [-0.15, -0.1) is 11.3 Å². The topological polar surface area (TPSA) is 22.0 Å². The minimum Gasteiger partial charge on any atom is -0.315 e. The van der Waals surface area contributed by atoms with E-state index in [1.807, 2.05) is 23.7 Å². The van der Waals surface area contributed by atoms with Crippen LogP contribution in [0.2, 0.25) is 0 Å². The molecular formula is C13H11NOS2. The van der Waals surface area contributed by atoms with E-state index >= 15 is 0 Å². The molecule has 4 heteroatoms. The highest BCUT2D eigenvalue weighted by molar-refractivity contribution is 7.17. The van der Waals surface area contributed by atoms with Crippen molar-refractivity contribution in [2.45, 2.75) is 13.0 Å². The van der Waals surface area contributed by atoms with Crippen molar-refractivity contribution in [3.05, 3.63) is 56.5 Å². The number of thiophene rings is 2. The molecule has 86 valence electrons. The van der Waals surface area contributed by atoms with Gasteiger partial charge in [-0.2, -0.15) is 11.3 Å². The van der Waals surface area contributed by atoms with Crippen LogP contribution in [0.25, 0.3) is 10.1 Å². The average molecular weight is 261 g/mol.